The van der Waals surface area contributed by atoms with Gasteiger partial charge in [-0.15, -0.1) is 34.4 Å². The topological polar surface area (TPSA) is 62.8 Å². The molecule has 22 heavy (non-hydrogen) atoms. The SMILES string of the molecule is Cc1sc2nc(CSCC(=O)c3cccs3)[nH]c(=O)c2c1C. The number of aryl methyl sites for hydroxylation is 2. The van der Waals surface area contributed by atoms with Gasteiger partial charge in [0, 0.05) is 4.88 Å². The summed E-state index contributed by atoms with van der Waals surface area (Å²) in [6.45, 7) is 3.94. The van der Waals surface area contributed by atoms with Crippen LogP contribution in [0.2, 0.25) is 0 Å². The molecular weight excluding hydrogens is 336 g/mol. The molecule has 0 saturated carbocycles. The second kappa shape index (κ2) is 6.36. The van der Waals surface area contributed by atoms with Gasteiger partial charge in [-0.05, 0) is 30.9 Å². The molecule has 3 aromatic heterocycles. The largest absolute Gasteiger partial charge is 0.309 e. The summed E-state index contributed by atoms with van der Waals surface area (Å²) >= 11 is 4.46. The van der Waals surface area contributed by atoms with E-state index in [1.807, 2.05) is 31.4 Å². The van der Waals surface area contributed by atoms with E-state index < -0.39 is 0 Å². The molecule has 1 N–H and O–H groups in total. The van der Waals surface area contributed by atoms with Crippen LogP contribution in [0.5, 0.6) is 0 Å². The van der Waals surface area contributed by atoms with E-state index >= 15 is 0 Å². The zero-order chi connectivity index (χ0) is 15.7. The first-order chi connectivity index (χ1) is 10.6. The maximum absolute atomic E-state index is 12.2. The number of thiophene rings is 2. The third-order valence-corrected chi connectivity index (χ3v) is 6.31. The molecule has 3 heterocycles. The molecular formula is C15H14N2O2S3. The van der Waals surface area contributed by atoms with Crippen LogP contribution in [-0.2, 0) is 5.75 Å². The van der Waals surface area contributed by atoms with Crippen LogP contribution in [0.3, 0.4) is 0 Å². The molecule has 0 saturated heterocycles. The molecule has 0 aromatic carbocycles. The average molecular weight is 350 g/mol. The maximum Gasteiger partial charge on any atom is 0.259 e. The van der Waals surface area contributed by atoms with Crippen molar-refractivity contribution in [2.75, 3.05) is 5.75 Å². The summed E-state index contributed by atoms with van der Waals surface area (Å²) in [5.41, 5.74) is 0.910. The average Bonchev–Trinajstić information content (AvgIpc) is 3.08. The number of aromatic amines is 1. The number of aromatic nitrogens is 2. The molecule has 0 aliphatic rings. The highest BCUT2D eigenvalue weighted by Crippen LogP contribution is 2.26. The number of Topliss-reactive ketones (excluding diaryl/α,β-unsaturated/α-hetero) is 1. The molecule has 0 atom stereocenters. The number of fused-ring (bicyclic) bond motifs is 1. The van der Waals surface area contributed by atoms with Crippen molar-refractivity contribution in [3.63, 3.8) is 0 Å². The Kier molecular flexibility index (Phi) is 4.46. The number of hydrogen-bond donors (Lipinski definition) is 1. The number of H-pyrrole nitrogens is 1. The number of hydrogen-bond acceptors (Lipinski definition) is 6. The molecule has 4 nitrogen and oxygen atoms in total. The van der Waals surface area contributed by atoms with Crippen molar-refractivity contribution in [3.05, 3.63) is 49.0 Å². The summed E-state index contributed by atoms with van der Waals surface area (Å²) in [4.78, 5) is 34.1. The second-order valence-electron chi connectivity index (χ2n) is 4.87. The van der Waals surface area contributed by atoms with Crippen LogP contribution in [0.4, 0.5) is 0 Å². The minimum absolute atomic E-state index is 0.0907. The van der Waals surface area contributed by atoms with E-state index in [2.05, 4.69) is 9.97 Å². The lowest BCUT2D eigenvalue weighted by Crippen LogP contribution is -2.11. The minimum atomic E-state index is -0.0907. The molecule has 0 amide bonds. The van der Waals surface area contributed by atoms with E-state index in [0.717, 1.165) is 20.1 Å². The fraction of sp³-hybridized carbons (Fsp3) is 0.267. The Morgan fingerprint density at radius 3 is 2.95 bits per heavy atom. The summed E-state index contributed by atoms with van der Waals surface area (Å²) in [6.07, 6.45) is 0. The third-order valence-electron chi connectivity index (χ3n) is 3.36. The molecule has 7 heteroatoms. The van der Waals surface area contributed by atoms with Gasteiger partial charge in [0.1, 0.15) is 10.7 Å². The lowest BCUT2D eigenvalue weighted by Gasteiger charge is -2.01. The number of thioether (sulfide) groups is 1. The maximum atomic E-state index is 12.2. The zero-order valence-electron chi connectivity index (χ0n) is 12.1. The minimum Gasteiger partial charge on any atom is -0.309 e. The van der Waals surface area contributed by atoms with Gasteiger partial charge in [0.15, 0.2) is 5.78 Å². The normalized spacial score (nSPS) is 11.2. The number of nitrogens with zero attached hydrogens (tertiary/aromatic N) is 1. The van der Waals surface area contributed by atoms with Gasteiger partial charge in [0.05, 0.1) is 21.8 Å². The van der Waals surface area contributed by atoms with E-state index in [9.17, 15) is 9.59 Å². The van der Waals surface area contributed by atoms with Crippen LogP contribution in [0.25, 0.3) is 10.2 Å². The summed E-state index contributed by atoms with van der Waals surface area (Å²) in [6, 6.07) is 3.70. The fourth-order valence-corrected chi connectivity index (χ4v) is 4.69. The smallest absolute Gasteiger partial charge is 0.259 e. The highest BCUT2D eigenvalue weighted by Gasteiger charge is 2.12. The molecule has 0 unspecified atom stereocenters. The molecule has 0 aliphatic carbocycles. The second-order valence-corrected chi connectivity index (χ2v) is 8.01. The van der Waals surface area contributed by atoms with Crippen LogP contribution in [-0.4, -0.2) is 21.5 Å². The third kappa shape index (κ3) is 3.02. The Labute approximate surface area is 139 Å². The van der Waals surface area contributed by atoms with Crippen LogP contribution in [0.15, 0.2) is 22.3 Å². The zero-order valence-corrected chi connectivity index (χ0v) is 14.6. The first kappa shape index (κ1) is 15.5. The summed E-state index contributed by atoms with van der Waals surface area (Å²) in [5.74, 6) is 1.66. The van der Waals surface area contributed by atoms with Gasteiger partial charge in [0.2, 0.25) is 0 Å². The molecule has 3 aromatic rings. The van der Waals surface area contributed by atoms with Crippen LogP contribution < -0.4 is 5.56 Å². The Morgan fingerprint density at radius 1 is 1.41 bits per heavy atom. The highest BCUT2D eigenvalue weighted by atomic mass is 32.2. The molecule has 3 rings (SSSR count). The van der Waals surface area contributed by atoms with E-state index in [0.29, 0.717) is 22.7 Å². The first-order valence-corrected chi connectivity index (χ1v) is 9.54. The Morgan fingerprint density at radius 2 is 2.23 bits per heavy atom. The van der Waals surface area contributed by atoms with Crippen LogP contribution in [0.1, 0.15) is 25.9 Å². The number of rotatable bonds is 5. The fourth-order valence-electron chi connectivity index (χ4n) is 2.12. The van der Waals surface area contributed by atoms with Crippen molar-refractivity contribution in [2.45, 2.75) is 19.6 Å². The predicted molar refractivity (Wildman–Crippen MR) is 94.5 cm³/mol. The van der Waals surface area contributed by atoms with Gasteiger partial charge < -0.3 is 4.98 Å². The van der Waals surface area contributed by atoms with Crippen molar-refractivity contribution in [1.29, 1.82) is 0 Å². The van der Waals surface area contributed by atoms with Crippen molar-refractivity contribution in [2.24, 2.45) is 0 Å². The molecule has 114 valence electrons. The van der Waals surface area contributed by atoms with E-state index in [-0.39, 0.29) is 11.3 Å². The van der Waals surface area contributed by atoms with Gasteiger partial charge in [-0.2, -0.15) is 0 Å². The van der Waals surface area contributed by atoms with Crippen molar-refractivity contribution in [1.82, 2.24) is 9.97 Å². The Hall–Kier alpha value is -1.44. The number of nitrogens with one attached hydrogen (secondary N) is 1. The Bertz CT molecular complexity index is 878. The van der Waals surface area contributed by atoms with Crippen LogP contribution >= 0.6 is 34.4 Å². The molecule has 0 aliphatic heterocycles. The lowest BCUT2D eigenvalue weighted by atomic mass is 10.2. The van der Waals surface area contributed by atoms with Crippen molar-refractivity contribution < 1.29 is 4.79 Å². The predicted octanol–water partition coefficient (Wildman–Crippen LogP) is 3.78. The van der Waals surface area contributed by atoms with Gasteiger partial charge in [-0.25, -0.2) is 4.98 Å². The van der Waals surface area contributed by atoms with Gasteiger partial charge in [-0.3, -0.25) is 9.59 Å². The summed E-state index contributed by atoms with van der Waals surface area (Å²) in [7, 11) is 0. The Balaban J connectivity index is 1.72. The molecule has 0 fully saturated rings. The number of carbonyl (C=O) groups excluding carboxylic acids is 1. The molecule has 0 spiro atoms. The van der Waals surface area contributed by atoms with Crippen LogP contribution in [0, 0.1) is 13.8 Å². The molecule has 0 bridgehead atoms. The highest BCUT2D eigenvalue weighted by molar-refractivity contribution is 7.99. The van der Waals surface area contributed by atoms with Gasteiger partial charge in [-0.1, -0.05) is 6.07 Å². The van der Waals surface area contributed by atoms with E-state index in [1.54, 1.807) is 0 Å². The lowest BCUT2D eigenvalue weighted by molar-refractivity contribution is 0.102. The number of ketones is 1. The molecule has 0 radical (unpaired) electrons. The van der Waals surface area contributed by atoms with Crippen molar-refractivity contribution >= 4 is 50.4 Å². The van der Waals surface area contributed by atoms with Crippen molar-refractivity contribution in [3.8, 4) is 0 Å². The van der Waals surface area contributed by atoms with E-state index in [1.165, 1.54) is 34.4 Å². The quantitative estimate of drug-likeness (QED) is 0.711. The first-order valence-electron chi connectivity index (χ1n) is 6.69. The van der Waals surface area contributed by atoms with Gasteiger partial charge >= 0.3 is 0 Å². The summed E-state index contributed by atoms with van der Waals surface area (Å²) in [5, 5.41) is 2.58. The monoisotopic (exact) mass is 350 g/mol. The number of carbonyl (C=O) groups is 1. The summed E-state index contributed by atoms with van der Waals surface area (Å²) < 4.78 is 0. The van der Waals surface area contributed by atoms with E-state index in [4.69, 9.17) is 0 Å². The van der Waals surface area contributed by atoms with Gasteiger partial charge in [0.25, 0.3) is 5.56 Å². The standard InChI is InChI=1S/C15H14N2O2S3/c1-8-9(2)22-15-13(8)14(19)16-12(17-15)7-20-6-10(18)11-4-3-5-21-11/h3-5H,6-7H2,1-2H3,(H,16,17,19).